The second-order valence-corrected chi connectivity index (χ2v) is 9.58. The Morgan fingerprint density at radius 3 is 2.71 bits per heavy atom. The van der Waals surface area contributed by atoms with Gasteiger partial charge in [-0.1, -0.05) is 29.5 Å². The number of ether oxygens (including phenoxy) is 1. The van der Waals surface area contributed by atoms with Gasteiger partial charge in [0, 0.05) is 11.3 Å². The van der Waals surface area contributed by atoms with Crippen LogP contribution in [0.3, 0.4) is 0 Å². The summed E-state index contributed by atoms with van der Waals surface area (Å²) in [5.74, 6) is -0.222. The van der Waals surface area contributed by atoms with Gasteiger partial charge in [0.15, 0.2) is 5.16 Å². The molecule has 1 aromatic carbocycles. The van der Waals surface area contributed by atoms with Crippen LogP contribution in [-0.2, 0) is 22.4 Å². The molecule has 0 radical (unpaired) electrons. The van der Waals surface area contributed by atoms with E-state index in [-0.39, 0.29) is 16.8 Å². The normalized spacial score (nSPS) is 19.0. The van der Waals surface area contributed by atoms with Gasteiger partial charge in [0.05, 0.1) is 17.7 Å². The van der Waals surface area contributed by atoms with Crippen LogP contribution in [0.4, 0.5) is 0 Å². The first-order chi connectivity index (χ1) is 13.6. The van der Waals surface area contributed by atoms with E-state index >= 15 is 0 Å². The van der Waals surface area contributed by atoms with Crippen LogP contribution >= 0.6 is 23.1 Å². The zero-order chi connectivity index (χ0) is 19.3. The van der Waals surface area contributed by atoms with Crippen LogP contribution in [0.1, 0.15) is 35.3 Å². The van der Waals surface area contributed by atoms with Gasteiger partial charge in [-0.25, -0.2) is 4.98 Å². The maximum absolute atomic E-state index is 13.6. The number of esters is 1. The molecule has 5 nitrogen and oxygen atoms in total. The molecule has 3 aromatic rings. The molecule has 2 aromatic heterocycles. The van der Waals surface area contributed by atoms with Crippen LogP contribution in [0.2, 0.25) is 0 Å². The first kappa shape index (κ1) is 17.9. The molecule has 1 aliphatic heterocycles. The highest BCUT2D eigenvalue weighted by atomic mass is 32.2. The van der Waals surface area contributed by atoms with E-state index in [4.69, 9.17) is 9.72 Å². The SMILES string of the molecule is Cc1ccc(-n2c(S[C@H]3CCOC3=O)nc3sc4c(c3c2=O)CCCC4)cc1. The Labute approximate surface area is 170 Å². The van der Waals surface area contributed by atoms with Crippen LogP contribution < -0.4 is 5.56 Å². The summed E-state index contributed by atoms with van der Waals surface area (Å²) in [5, 5.41) is 1.03. The zero-order valence-corrected chi connectivity index (χ0v) is 17.2. The fourth-order valence-electron chi connectivity index (χ4n) is 3.90. The van der Waals surface area contributed by atoms with Crippen molar-refractivity contribution in [1.82, 2.24) is 9.55 Å². The summed E-state index contributed by atoms with van der Waals surface area (Å²) >= 11 is 2.98. The zero-order valence-electron chi connectivity index (χ0n) is 15.6. The summed E-state index contributed by atoms with van der Waals surface area (Å²) in [6.07, 6.45) is 4.90. The summed E-state index contributed by atoms with van der Waals surface area (Å²) in [6.45, 7) is 2.45. The van der Waals surface area contributed by atoms with E-state index < -0.39 is 0 Å². The second-order valence-electron chi connectivity index (χ2n) is 7.32. The van der Waals surface area contributed by atoms with Crippen molar-refractivity contribution in [3.63, 3.8) is 0 Å². The lowest BCUT2D eigenvalue weighted by Gasteiger charge is -2.15. The third-order valence-corrected chi connectivity index (χ3v) is 7.77. The largest absolute Gasteiger partial charge is 0.465 e. The fraction of sp³-hybridized carbons (Fsp3) is 0.381. The summed E-state index contributed by atoms with van der Waals surface area (Å²) < 4.78 is 6.79. The molecule has 0 saturated carbocycles. The summed E-state index contributed by atoms with van der Waals surface area (Å²) in [6, 6.07) is 7.88. The number of thiophene rings is 1. The smallest absolute Gasteiger partial charge is 0.319 e. The maximum atomic E-state index is 13.6. The summed E-state index contributed by atoms with van der Waals surface area (Å²) in [4.78, 5) is 32.6. The molecule has 0 unspecified atom stereocenters. The molecule has 5 rings (SSSR count). The van der Waals surface area contributed by atoms with Crippen molar-refractivity contribution in [3.05, 3.63) is 50.6 Å². The number of benzene rings is 1. The van der Waals surface area contributed by atoms with Crippen molar-refractivity contribution in [2.75, 3.05) is 6.61 Å². The molecule has 3 heterocycles. The topological polar surface area (TPSA) is 61.2 Å². The lowest BCUT2D eigenvalue weighted by molar-refractivity contribution is -0.137. The second kappa shape index (κ2) is 7.04. The van der Waals surface area contributed by atoms with Gasteiger partial charge in [0.1, 0.15) is 10.1 Å². The van der Waals surface area contributed by atoms with Gasteiger partial charge in [-0.05, 0) is 50.3 Å². The van der Waals surface area contributed by atoms with Crippen molar-refractivity contribution in [2.24, 2.45) is 0 Å². The highest BCUT2D eigenvalue weighted by molar-refractivity contribution is 8.00. The molecule has 0 spiro atoms. The number of thioether (sulfide) groups is 1. The van der Waals surface area contributed by atoms with Gasteiger partial charge < -0.3 is 4.74 Å². The van der Waals surface area contributed by atoms with Gasteiger partial charge >= 0.3 is 5.97 Å². The van der Waals surface area contributed by atoms with Crippen LogP contribution in [-0.4, -0.2) is 27.4 Å². The van der Waals surface area contributed by atoms with Crippen LogP contribution in [0.15, 0.2) is 34.2 Å². The summed E-state index contributed by atoms with van der Waals surface area (Å²) in [7, 11) is 0. The van der Waals surface area contributed by atoms with E-state index in [1.165, 1.54) is 28.6 Å². The van der Waals surface area contributed by atoms with E-state index in [2.05, 4.69) is 0 Å². The van der Waals surface area contributed by atoms with Gasteiger partial charge in [0.2, 0.25) is 0 Å². The van der Waals surface area contributed by atoms with Crippen molar-refractivity contribution >= 4 is 39.3 Å². The Kier molecular flexibility index (Phi) is 4.51. The molecule has 0 N–H and O–H groups in total. The monoisotopic (exact) mass is 412 g/mol. The minimum absolute atomic E-state index is 0.0258. The van der Waals surface area contributed by atoms with E-state index in [9.17, 15) is 9.59 Å². The Bertz CT molecular complexity index is 1130. The predicted octanol–water partition coefficient (Wildman–Crippen LogP) is 4.04. The molecule has 1 atom stereocenters. The predicted molar refractivity (Wildman–Crippen MR) is 112 cm³/mol. The standard InChI is InChI=1S/C21H20N2O3S2/c1-12-6-8-13(9-7-12)23-19(24)17-14-4-2-3-5-15(14)27-18(17)22-21(23)28-16-10-11-26-20(16)25/h6-9,16H,2-5,10-11H2,1H3/t16-/m0/s1. The number of hydrogen-bond donors (Lipinski definition) is 0. The number of carbonyl (C=O) groups is 1. The molecule has 1 fully saturated rings. The number of rotatable bonds is 3. The van der Waals surface area contributed by atoms with Crippen LogP contribution in [0.5, 0.6) is 0 Å². The summed E-state index contributed by atoms with van der Waals surface area (Å²) in [5.41, 5.74) is 3.07. The molecule has 2 aliphatic rings. The Balaban J connectivity index is 1.73. The number of hydrogen-bond acceptors (Lipinski definition) is 6. The van der Waals surface area contributed by atoms with Crippen LogP contribution in [0.25, 0.3) is 15.9 Å². The minimum atomic E-state index is -0.310. The maximum Gasteiger partial charge on any atom is 0.319 e. The van der Waals surface area contributed by atoms with Gasteiger partial charge in [-0.15, -0.1) is 11.3 Å². The first-order valence-electron chi connectivity index (χ1n) is 9.59. The number of aromatic nitrogens is 2. The average molecular weight is 413 g/mol. The van der Waals surface area contributed by atoms with Crippen molar-refractivity contribution in [2.45, 2.75) is 49.4 Å². The van der Waals surface area contributed by atoms with E-state index in [0.717, 1.165) is 40.7 Å². The van der Waals surface area contributed by atoms with Gasteiger partial charge in [-0.3, -0.25) is 14.2 Å². The van der Waals surface area contributed by atoms with E-state index in [0.29, 0.717) is 18.2 Å². The number of fused-ring (bicyclic) bond motifs is 3. The molecule has 1 aliphatic carbocycles. The van der Waals surface area contributed by atoms with Crippen LogP contribution in [0, 0.1) is 6.92 Å². The quantitative estimate of drug-likeness (QED) is 0.480. The van der Waals surface area contributed by atoms with Crippen molar-refractivity contribution in [1.29, 1.82) is 0 Å². The number of aryl methyl sites for hydroxylation is 3. The number of cyclic esters (lactones) is 1. The van der Waals surface area contributed by atoms with Gasteiger partial charge in [0.25, 0.3) is 5.56 Å². The molecule has 7 heteroatoms. The van der Waals surface area contributed by atoms with E-state index in [1.54, 1.807) is 15.9 Å². The lowest BCUT2D eigenvalue weighted by Crippen LogP contribution is -2.23. The number of nitrogens with zero attached hydrogens (tertiary/aromatic N) is 2. The molecule has 144 valence electrons. The van der Waals surface area contributed by atoms with E-state index in [1.807, 2.05) is 31.2 Å². The molecule has 0 bridgehead atoms. The third-order valence-electron chi connectivity index (χ3n) is 5.39. The molecular weight excluding hydrogens is 392 g/mol. The Morgan fingerprint density at radius 1 is 1.18 bits per heavy atom. The lowest BCUT2D eigenvalue weighted by atomic mass is 9.97. The molecular formula is C21H20N2O3S2. The van der Waals surface area contributed by atoms with Crippen molar-refractivity contribution in [3.8, 4) is 5.69 Å². The third kappa shape index (κ3) is 2.97. The first-order valence-corrected chi connectivity index (χ1v) is 11.3. The Hall–Kier alpha value is -2.12. The highest BCUT2D eigenvalue weighted by Gasteiger charge is 2.31. The molecule has 1 saturated heterocycles. The minimum Gasteiger partial charge on any atom is -0.465 e. The molecule has 0 amide bonds. The Morgan fingerprint density at radius 2 is 1.96 bits per heavy atom. The number of carbonyl (C=O) groups excluding carboxylic acids is 1. The van der Waals surface area contributed by atoms with Crippen molar-refractivity contribution < 1.29 is 9.53 Å². The highest BCUT2D eigenvalue weighted by Crippen LogP contribution is 2.36. The average Bonchev–Trinajstić information content (AvgIpc) is 3.26. The fourth-order valence-corrected chi connectivity index (χ4v) is 6.28. The van der Waals surface area contributed by atoms with Gasteiger partial charge in [-0.2, -0.15) is 0 Å². The molecule has 28 heavy (non-hydrogen) atoms.